The Morgan fingerprint density at radius 2 is 1.08 bits per heavy atom. The van der Waals surface area contributed by atoms with Crippen LogP contribution in [0.15, 0.2) is 0 Å². The van der Waals surface area contributed by atoms with E-state index >= 15 is 0 Å². The van der Waals surface area contributed by atoms with Gasteiger partial charge in [-0.25, -0.2) is 9.68 Å². The first kappa shape index (κ1) is 23.0. The number of carbonyl (C=O) groups is 1. The second kappa shape index (κ2) is 15.5. The minimum atomic E-state index is -0.440. The van der Waals surface area contributed by atoms with Crippen molar-refractivity contribution in [3.8, 4) is 0 Å². The first-order valence-electron chi connectivity index (χ1n) is 9.52. The Hall–Kier alpha value is -1.04. The molecule has 0 aliphatic rings. The van der Waals surface area contributed by atoms with Crippen LogP contribution in [0.25, 0.3) is 0 Å². The number of carbonyl (C=O) groups excluding carboxylic acids is 1. The highest BCUT2D eigenvalue weighted by Crippen LogP contribution is 2.06. The Balaban J connectivity index is 4.43. The molecule has 5 nitrogen and oxygen atoms in total. The molecular formula is C18H36N2O3S. The molecule has 0 saturated carbocycles. The highest BCUT2D eigenvalue weighted by molar-refractivity contribution is 7.79. The van der Waals surface area contributed by atoms with Crippen LogP contribution in [0.3, 0.4) is 0 Å². The molecule has 0 aromatic carbocycles. The largest absolute Gasteiger partial charge is 0.453 e. The molecular weight excluding hydrogens is 324 g/mol. The van der Waals surface area contributed by atoms with Gasteiger partial charge in [-0.15, -0.1) is 0 Å². The molecule has 142 valence electrons. The number of rotatable bonds is 12. The van der Waals surface area contributed by atoms with Crippen LogP contribution in [-0.2, 0) is 9.78 Å². The summed E-state index contributed by atoms with van der Waals surface area (Å²) in [6.07, 6.45) is 7.82. The van der Waals surface area contributed by atoms with Gasteiger partial charge in [-0.3, -0.25) is 4.89 Å². The molecule has 0 radical (unpaired) electrons. The van der Waals surface area contributed by atoms with E-state index in [-0.39, 0.29) is 5.17 Å². The lowest BCUT2D eigenvalue weighted by Gasteiger charge is -2.24. The van der Waals surface area contributed by atoms with Crippen LogP contribution in [0, 0.1) is 0 Å². The zero-order valence-electron chi connectivity index (χ0n) is 16.0. The van der Waals surface area contributed by atoms with Crippen molar-refractivity contribution in [2.75, 3.05) is 26.2 Å². The van der Waals surface area contributed by atoms with Gasteiger partial charge in [0.1, 0.15) is 0 Å². The SMILES string of the molecule is CCCCN(CCCC)C(=O)OOC(=S)N(CCCC)CCCC. The molecule has 0 unspecified atom stereocenters. The van der Waals surface area contributed by atoms with E-state index in [4.69, 9.17) is 22.0 Å². The molecule has 0 aliphatic heterocycles. The van der Waals surface area contributed by atoms with Gasteiger partial charge in [-0.2, -0.15) is 0 Å². The molecule has 0 N–H and O–H groups in total. The highest BCUT2D eigenvalue weighted by atomic mass is 32.1. The minimum absolute atomic E-state index is 0.260. The number of unbranched alkanes of at least 4 members (excludes halogenated alkanes) is 4. The lowest BCUT2D eigenvalue weighted by atomic mass is 10.3. The van der Waals surface area contributed by atoms with E-state index in [1.807, 2.05) is 4.90 Å². The third-order valence-corrected chi connectivity index (χ3v) is 4.15. The summed E-state index contributed by atoms with van der Waals surface area (Å²) in [5, 5.41) is 0.260. The van der Waals surface area contributed by atoms with Gasteiger partial charge in [0.15, 0.2) is 0 Å². The Labute approximate surface area is 153 Å². The van der Waals surface area contributed by atoms with Crippen molar-refractivity contribution in [2.24, 2.45) is 0 Å². The van der Waals surface area contributed by atoms with Gasteiger partial charge in [0.05, 0.1) is 0 Å². The standard InChI is InChI=1S/C18H36N2O3S/c1-5-9-13-19(14-10-6-2)17(21)22-23-18(24)20(15-11-7-3)16-12-8-4/h5-16H2,1-4H3. The van der Waals surface area contributed by atoms with Crippen LogP contribution in [0.1, 0.15) is 79.1 Å². The third-order valence-electron chi connectivity index (χ3n) is 3.83. The van der Waals surface area contributed by atoms with Crippen molar-refractivity contribution in [3.05, 3.63) is 0 Å². The minimum Gasteiger partial charge on any atom is -0.330 e. The zero-order valence-corrected chi connectivity index (χ0v) is 16.8. The van der Waals surface area contributed by atoms with E-state index in [0.717, 1.165) is 64.5 Å². The monoisotopic (exact) mass is 360 g/mol. The van der Waals surface area contributed by atoms with Crippen molar-refractivity contribution < 1.29 is 14.6 Å². The molecule has 0 aliphatic carbocycles. The van der Waals surface area contributed by atoms with Gasteiger partial charge in [0.2, 0.25) is 0 Å². The molecule has 0 bridgehead atoms. The quantitative estimate of drug-likeness (QED) is 0.274. The molecule has 1 amide bonds. The number of thiocarbonyl (C=S) groups is 1. The molecule has 0 aromatic heterocycles. The molecule has 0 fully saturated rings. The summed E-state index contributed by atoms with van der Waals surface area (Å²) < 4.78 is 0. The summed E-state index contributed by atoms with van der Waals surface area (Å²) in [5.41, 5.74) is 0. The van der Waals surface area contributed by atoms with Crippen molar-refractivity contribution in [1.29, 1.82) is 0 Å². The number of nitrogens with zero attached hydrogens (tertiary/aromatic N) is 2. The highest BCUT2D eigenvalue weighted by Gasteiger charge is 2.18. The third kappa shape index (κ3) is 10.7. The zero-order chi connectivity index (χ0) is 18.2. The van der Waals surface area contributed by atoms with Gasteiger partial charge in [-0.05, 0) is 37.9 Å². The molecule has 24 heavy (non-hydrogen) atoms. The summed E-state index contributed by atoms with van der Waals surface area (Å²) >= 11 is 5.29. The van der Waals surface area contributed by atoms with Gasteiger partial charge in [0.25, 0.3) is 0 Å². The summed E-state index contributed by atoms with van der Waals surface area (Å²) in [6, 6.07) is 0. The van der Waals surface area contributed by atoms with E-state index in [0.29, 0.717) is 13.1 Å². The molecule has 0 aromatic rings. The van der Waals surface area contributed by atoms with Crippen LogP contribution in [0.2, 0.25) is 0 Å². The topological polar surface area (TPSA) is 42.0 Å². The van der Waals surface area contributed by atoms with Gasteiger partial charge in [0, 0.05) is 26.2 Å². The van der Waals surface area contributed by atoms with Crippen molar-refractivity contribution in [2.45, 2.75) is 79.1 Å². The van der Waals surface area contributed by atoms with E-state index in [2.05, 4.69) is 27.7 Å². The lowest BCUT2D eigenvalue weighted by molar-refractivity contribution is -0.175. The second-order valence-corrected chi connectivity index (χ2v) is 6.44. The van der Waals surface area contributed by atoms with E-state index in [1.165, 1.54) is 0 Å². The maximum absolute atomic E-state index is 12.2. The molecule has 0 atom stereocenters. The first-order chi connectivity index (χ1) is 11.6. The molecule has 0 spiro atoms. The van der Waals surface area contributed by atoms with Crippen molar-refractivity contribution >= 4 is 23.5 Å². The number of amides is 1. The Morgan fingerprint density at radius 1 is 0.708 bits per heavy atom. The summed E-state index contributed by atoms with van der Waals surface area (Å²) in [5.74, 6) is 0. The normalized spacial score (nSPS) is 10.3. The smallest absolute Gasteiger partial charge is 0.330 e. The van der Waals surface area contributed by atoms with Crippen LogP contribution in [-0.4, -0.2) is 47.2 Å². The predicted octanol–water partition coefficient (Wildman–Crippen LogP) is 5.14. The Kier molecular flexibility index (Phi) is 14.8. The second-order valence-electron chi connectivity index (χ2n) is 6.09. The predicted molar refractivity (Wildman–Crippen MR) is 103 cm³/mol. The van der Waals surface area contributed by atoms with Crippen LogP contribution >= 0.6 is 12.2 Å². The van der Waals surface area contributed by atoms with E-state index in [9.17, 15) is 4.79 Å². The number of hydrogen-bond donors (Lipinski definition) is 0. The molecule has 0 saturated heterocycles. The Morgan fingerprint density at radius 3 is 1.46 bits per heavy atom. The molecule has 6 heteroatoms. The summed E-state index contributed by atoms with van der Waals surface area (Å²) in [4.78, 5) is 26.1. The van der Waals surface area contributed by atoms with Crippen LogP contribution in [0.5, 0.6) is 0 Å². The molecule has 0 rings (SSSR count). The summed E-state index contributed by atoms with van der Waals surface area (Å²) in [6.45, 7) is 11.6. The summed E-state index contributed by atoms with van der Waals surface area (Å²) in [7, 11) is 0. The molecule has 0 heterocycles. The van der Waals surface area contributed by atoms with Gasteiger partial charge in [-0.1, -0.05) is 53.4 Å². The fourth-order valence-corrected chi connectivity index (χ4v) is 2.38. The first-order valence-corrected chi connectivity index (χ1v) is 9.93. The number of hydrogen-bond acceptors (Lipinski definition) is 4. The van der Waals surface area contributed by atoms with Crippen molar-refractivity contribution in [3.63, 3.8) is 0 Å². The van der Waals surface area contributed by atoms with E-state index < -0.39 is 6.09 Å². The maximum Gasteiger partial charge on any atom is 0.453 e. The average molecular weight is 361 g/mol. The van der Waals surface area contributed by atoms with Gasteiger partial charge < -0.3 is 9.80 Å². The van der Waals surface area contributed by atoms with Gasteiger partial charge >= 0.3 is 11.3 Å². The maximum atomic E-state index is 12.2. The fourth-order valence-electron chi connectivity index (χ4n) is 2.16. The van der Waals surface area contributed by atoms with Crippen LogP contribution < -0.4 is 0 Å². The lowest BCUT2D eigenvalue weighted by Crippen LogP contribution is -2.37. The average Bonchev–Trinajstić information content (AvgIpc) is 2.59. The Bertz CT molecular complexity index is 292. The van der Waals surface area contributed by atoms with E-state index in [1.54, 1.807) is 4.90 Å². The van der Waals surface area contributed by atoms with Crippen molar-refractivity contribution in [1.82, 2.24) is 9.80 Å². The fraction of sp³-hybridized carbons (Fsp3) is 0.889. The van der Waals surface area contributed by atoms with Crippen LogP contribution in [0.4, 0.5) is 4.79 Å².